The summed E-state index contributed by atoms with van der Waals surface area (Å²) in [6.45, 7) is 7.87. The van der Waals surface area contributed by atoms with E-state index in [9.17, 15) is 4.79 Å². The van der Waals surface area contributed by atoms with Gasteiger partial charge in [-0.05, 0) is 25.8 Å². The summed E-state index contributed by atoms with van der Waals surface area (Å²) in [4.78, 5) is 12.2. The van der Waals surface area contributed by atoms with Crippen LogP contribution in [0.5, 0.6) is 5.75 Å². The first-order chi connectivity index (χ1) is 7.42. The molecule has 0 saturated carbocycles. The summed E-state index contributed by atoms with van der Waals surface area (Å²) in [5, 5.41) is 0. The quantitative estimate of drug-likeness (QED) is 0.611. The van der Waals surface area contributed by atoms with Crippen LogP contribution in [0.4, 0.5) is 0 Å². The molecule has 0 N–H and O–H groups in total. The Balaban J connectivity index is 0.00000144. The van der Waals surface area contributed by atoms with Crippen LogP contribution in [0.2, 0.25) is 0 Å². The maximum atomic E-state index is 12.2. The summed E-state index contributed by atoms with van der Waals surface area (Å²) >= 11 is 0. The molecule has 0 aromatic heterocycles. The number of carbonyl (C=O) groups excluding carboxylic acids is 1. The van der Waals surface area contributed by atoms with Gasteiger partial charge in [-0.15, -0.1) is 11.6 Å². The summed E-state index contributed by atoms with van der Waals surface area (Å²) in [6, 6.07) is 6.83. The smallest absolute Gasteiger partial charge is 0.118 e. The molecule has 17 heavy (non-hydrogen) atoms. The average Bonchev–Trinajstić information content (AvgIpc) is 2.37. The first-order valence-corrected chi connectivity index (χ1v) is 5.67. The number of benzene rings is 1. The fourth-order valence-corrected chi connectivity index (χ4v) is 2.14. The number of rotatable bonds is 2. The van der Waals surface area contributed by atoms with Gasteiger partial charge in [-0.25, -0.2) is 0 Å². The second kappa shape index (κ2) is 4.83. The van der Waals surface area contributed by atoms with Crippen molar-refractivity contribution in [2.45, 2.75) is 40.2 Å². The van der Waals surface area contributed by atoms with Crippen LogP contribution < -0.4 is 4.74 Å². The van der Waals surface area contributed by atoms with Crippen molar-refractivity contribution in [2.24, 2.45) is 5.41 Å². The van der Waals surface area contributed by atoms with Gasteiger partial charge in [0.2, 0.25) is 0 Å². The van der Waals surface area contributed by atoms with E-state index in [0.717, 1.165) is 17.5 Å². The van der Waals surface area contributed by atoms with E-state index in [-0.39, 0.29) is 34.4 Å². The molecule has 0 amide bonds. The SMILES string of the molecule is CC(C)Oc1[c-]ccc2c1C(=O)C(C)(C)C2.[Fe]. The molecule has 2 rings (SSSR count). The maximum absolute atomic E-state index is 12.2. The van der Waals surface area contributed by atoms with Crippen molar-refractivity contribution in [1.29, 1.82) is 0 Å². The summed E-state index contributed by atoms with van der Waals surface area (Å²) in [5.74, 6) is 0.790. The van der Waals surface area contributed by atoms with Crippen LogP contribution in [0.25, 0.3) is 0 Å². The van der Waals surface area contributed by atoms with E-state index in [2.05, 4.69) is 6.07 Å². The third-order valence-corrected chi connectivity index (χ3v) is 2.87. The number of hydrogen-bond acceptors (Lipinski definition) is 2. The van der Waals surface area contributed by atoms with Gasteiger partial charge < -0.3 is 9.53 Å². The molecule has 0 unspecified atom stereocenters. The number of carbonyl (C=O) groups is 1. The van der Waals surface area contributed by atoms with Gasteiger partial charge in [-0.2, -0.15) is 12.1 Å². The van der Waals surface area contributed by atoms with Crippen molar-refractivity contribution in [3.05, 3.63) is 29.3 Å². The van der Waals surface area contributed by atoms with Gasteiger partial charge in [-0.1, -0.05) is 13.8 Å². The second-order valence-corrected chi connectivity index (χ2v) is 5.26. The van der Waals surface area contributed by atoms with E-state index in [1.807, 2.05) is 39.8 Å². The van der Waals surface area contributed by atoms with E-state index < -0.39 is 0 Å². The van der Waals surface area contributed by atoms with Gasteiger partial charge in [0, 0.05) is 28.2 Å². The van der Waals surface area contributed by atoms with Crippen molar-refractivity contribution < 1.29 is 26.6 Å². The number of fused-ring (bicyclic) bond motifs is 1. The average molecular weight is 273 g/mol. The Labute approximate surface area is 113 Å². The van der Waals surface area contributed by atoms with Gasteiger partial charge >= 0.3 is 0 Å². The van der Waals surface area contributed by atoms with Crippen molar-refractivity contribution in [3.63, 3.8) is 0 Å². The molecule has 0 bridgehead atoms. The number of hydrogen-bond donors (Lipinski definition) is 0. The standard InChI is InChI=1S/C14H17O2.Fe/c1-9(2)16-11-7-5-6-10-8-14(3,4)13(15)12(10)11;/h5-6,9H,8H2,1-4H3;/q-1;. The normalized spacial score (nSPS) is 16.6. The maximum Gasteiger partial charge on any atom is 0.118 e. The van der Waals surface area contributed by atoms with E-state index in [4.69, 9.17) is 4.74 Å². The molecule has 0 spiro atoms. The molecular weight excluding hydrogens is 256 g/mol. The first kappa shape index (κ1) is 14.3. The summed E-state index contributed by atoms with van der Waals surface area (Å²) in [6.07, 6.45) is 0.865. The molecule has 1 aromatic carbocycles. The Hall–Kier alpha value is -0.791. The third-order valence-electron chi connectivity index (χ3n) is 2.87. The summed E-state index contributed by atoms with van der Waals surface area (Å²) in [5.41, 5.74) is 1.53. The van der Waals surface area contributed by atoms with Crippen LogP contribution in [-0.4, -0.2) is 11.9 Å². The topological polar surface area (TPSA) is 26.3 Å². The van der Waals surface area contributed by atoms with Gasteiger partial charge in [0.15, 0.2) is 0 Å². The minimum Gasteiger partial charge on any atom is -0.516 e. The van der Waals surface area contributed by atoms with Gasteiger partial charge in [0.1, 0.15) is 5.78 Å². The van der Waals surface area contributed by atoms with Crippen molar-refractivity contribution in [1.82, 2.24) is 0 Å². The molecule has 94 valence electrons. The van der Waals surface area contributed by atoms with Gasteiger partial charge in [0.05, 0.1) is 6.10 Å². The Morgan fingerprint density at radius 3 is 2.65 bits per heavy atom. The molecule has 0 aliphatic heterocycles. The van der Waals surface area contributed by atoms with Crippen molar-refractivity contribution >= 4 is 5.78 Å². The number of ether oxygens (including phenoxy) is 1. The molecule has 0 saturated heterocycles. The molecule has 1 aromatic rings. The van der Waals surface area contributed by atoms with Gasteiger partial charge in [0.25, 0.3) is 0 Å². The zero-order chi connectivity index (χ0) is 11.9. The monoisotopic (exact) mass is 273 g/mol. The van der Waals surface area contributed by atoms with E-state index in [0.29, 0.717) is 5.75 Å². The fourth-order valence-electron chi connectivity index (χ4n) is 2.14. The van der Waals surface area contributed by atoms with Crippen LogP contribution in [0, 0.1) is 11.5 Å². The second-order valence-electron chi connectivity index (χ2n) is 5.26. The Morgan fingerprint density at radius 1 is 1.41 bits per heavy atom. The van der Waals surface area contributed by atoms with E-state index >= 15 is 0 Å². The minimum atomic E-state index is -0.299. The number of ketones is 1. The zero-order valence-corrected chi connectivity index (χ0v) is 11.7. The van der Waals surface area contributed by atoms with Crippen LogP contribution in [0.3, 0.4) is 0 Å². The van der Waals surface area contributed by atoms with Crippen LogP contribution in [0.1, 0.15) is 43.6 Å². The Morgan fingerprint density at radius 2 is 2.06 bits per heavy atom. The Bertz CT molecular complexity index is 436. The zero-order valence-electron chi connectivity index (χ0n) is 10.6. The molecule has 2 nitrogen and oxygen atoms in total. The van der Waals surface area contributed by atoms with Crippen LogP contribution in [-0.2, 0) is 23.5 Å². The fraction of sp³-hybridized carbons (Fsp3) is 0.500. The number of Topliss-reactive ketones (excluding diaryl/α,β-unsaturated/α-hetero) is 1. The minimum absolute atomic E-state index is 0. The van der Waals surface area contributed by atoms with Gasteiger partial charge in [-0.3, -0.25) is 0 Å². The predicted molar refractivity (Wildman–Crippen MR) is 62.9 cm³/mol. The van der Waals surface area contributed by atoms with Crippen molar-refractivity contribution in [3.8, 4) is 5.75 Å². The molecule has 3 heteroatoms. The summed E-state index contributed by atoms with van der Waals surface area (Å²) < 4.78 is 5.64. The van der Waals surface area contributed by atoms with Crippen LogP contribution >= 0.6 is 0 Å². The molecule has 0 fully saturated rings. The third kappa shape index (κ3) is 2.56. The van der Waals surface area contributed by atoms with Crippen molar-refractivity contribution in [2.75, 3.05) is 0 Å². The Kier molecular flexibility index (Phi) is 4.06. The molecule has 0 atom stereocenters. The summed E-state index contributed by atoms with van der Waals surface area (Å²) in [7, 11) is 0. The molecule has 1 aliphatic rings. The molecule has 0 radical (unpaired) electrons. The molecule has 1 aliphatic carbocycles. The first-order valence-electron chi connectivity index (χ1n) is 5.67. The van der Waals surface area contributed by atoms with E-state index in [1.54, 1.807) is 0 Å². The predicted octanol–water partition coefficient (Wildman–Crippen LogP) is 3.04. The van der Waals surface area contributed by atoms with Crippen LogP contribution in [0.15, 0.2) is 12.1 Å². The molecular formula is C14H17FeO2-. The molecule has 0 heterocycles. The largest absolute Gasteiger partial charge is 0.516 e. The van der Waals surface area contributed by atoms with E-state index in [1.165, 1.54) is 0 Å².